The minimum Gasteiger partial charge on any atom is -0.423 e. The molecule has 0 aromatic heterocycles. The van der Waals surface area contributed by atoms with Gasteiger partial charge in [0, 0.05) is 31.9 Å². The second kappa shape index (κ2) is 13.2. The van der Waals surface area contributed by atoms with Crippen LogP contribution in [0.5, 0.6) is 5.75 Å². The maximum absolute atomic E-state index is 13.0. The highest BCUT2D eigenvalue weighted by atomic mass is 32.2. The summed E-state index contributed by atoms with van der Waals surface area (Å²) in [5.41, 5.74) is 3.53. The summed E-state index contributed by atoms with van der Waals surface area (Å²) in [6.07, 6.45) is 1.16. The Morgan fingerprint density at radius 2 is 1.73 bits per heavy atom. The number of rotatable bonds is 9. The number of morpholine rings is 1. The van der Waals surface area contributed by atoms with Crippen LogP contribution in [-0.2, 0) is 21.0 Å². The van der Waals surface area contributed by atoms with Crippen molar-refractivity contribution in [1.29, 1.82) is 0 Å². The molecule has 2 atom stereocenters. The maximum atomic E-state index is 13.0. The van der Waals surface area contributed by atoms with Crippen molar-refractivity contribution in [3.63, 3.8) is 0 Å². The molecule has 0 radical (unpaired) electrons. The van der Waals surface area contributed by atoms with Gasteiger partial charge in [-0.1, -0.05) is 30.3 Å². The smallest absolute Gasteiger partial charge is 0.343 e. The summed E-state index contributed by atoms with van der Waals surface area (Å²) in [5.74, 6) is -0.0706. The summed E-state index contributed by atoms with van der Waals surface area (Å²) >= 11 is 0. The van der Waals surface area contributed by atoms with Gasteiger partial charge in [-0.25, -0.2) is 13.2 Å². The molecule has 1 N–H and O–H groups in total. The molecule has 0 bridgehead atoms. The van der Waals surface area contributed by atoms with Gasteiger partial charge in [-0.15, -0.1) is 0 Å². The van der Waals surface area contributed by atoms with Crippen molar-refractivity contribution in [2.24, 2.45) is 5.92 Å². The number of esters is 1. The third-order valence-electron chi connectivity index (χ3n) is 8.02. The first-order chi connectivity index (χ1) is 19.8. The number of carbonyl (C=O) groups excluding carboxylic acids is 1. The lowest BCUT2D eigenvalue weighted by atomic mass is 9.88. The van der Waals surface area contributed by atoms with Gasteiger partial charge in [0.25, 0.3) is 0 Å². The van der Waals surface area contributed by atoms with Crippen LogP contribution in [0.1, 0.15) is 27.9 Å². The number of β-amino-alcohol motifs (C(OH)–C–C–N with tert-alkyl or cyclic N) is 1. The first kappa shape index (κ1) is 29.3. The van der Waals surface area contributed by atoms with Gasteiger partial charge in [-0.05, 0) is 85.8 Å². The van der Waals surface area contributed by atoms with Crippen LogP contribution in [-0.4, -0.2) is 82.2 Å². The fourth-order valence-electron chi connectivity index (χ4n) is 5.54. The average molecular weight is 579 g/mol. The zero-order valence-corrected chi connectivity index (χ0v) is 24.3. The quantitative estimate of drug-likeness (QED) is 0.303. The molecule has 2 aliphatic rings. The fraction of sp³-hybridized carbons (Fsp3) is 0.406. The van der Waals surface area contributed by atoms with E-state index in [1.165, 1.54) is 29.8 Å². The van der Waals surface area contributed by atoms with Gasteiger partial charge in [0.2, 0.25) is 0 Å². The number of aliphatic hydroxyl groups is 1. The molecule has 41 heavy (non-hydrogen) atoms. The summed E-state index contributed by atoms with van der Waals surface area (Å²) in [6.45, 7) is 6.45. The largest absolute Gasteiger partial charge is 0.423 e. The van der Waals surface area contributed by atoms with Crippen molar-refractivity contribution in [3.05, 3.63) is 89.5 Å². The van der Waals surface area contributed by atoms with Crippen LogP contribution in [0.25, 0.3) is 0 Å². The fourth-order valence-corrected chi connectivity index (χ4v) is 6.83. The number of hydrogen-bond donors (Lipinski definition) is 1. The number of aliphatic hydroxyl groups excluding tert-OH is 1. The Bertz CT molecular complexity index is 1420. The van der Waals surface area contributed by atoms with Crippen molar-refractivity contribution >= 4 is 21.5 Å². The highest BCUT2D eigenvalue weighted by molar-refractivity contribution is 7.91. The first-order valence-corrected chi connectivity index (χ1v) is 15.9. The lowest BCUT2D eigenvalue weighted by Gasteiger charge is -2.36. The summed E-state index contributed by atoms with van der Waals surface area (Å²) in [4.78, 5) is 17.3. The summed E-state index contributed by atoms with van der Waals surface area (Å²) in [7, 11) is -3.54. The van der Waals surface area contributed by atoms with Crippen LogP contribution in [0.3, 0.4) is 0 Å². The topological polar surface area (TPSA) is 96.4 Å². The number of likely N-dealkylation sites (tertiary alicyclic amines) is 1. The standard InChI is InChI=1S/C32H38N2O6S/c1-24-21-27(34-15-18-39-19-16-34)7-12-30(24)32(36)40-28-8-10-29(11-9-28)41(37,38)20-17-33-14-13-26(31(35)23-33)22-25-5-3-2-4-6-25/h2-12,21,26,31,35H,13-20,22-23H2,1H3/t26-,31-/m1/s1. The highest BCUT2D eigenvalue weighted by Gasteiger charge is 2.28. The van der Waals surface area contributed by atoms with Crippen molar-refractivity contribution in [2.45, 2.75) is 30.8 Å². The molecule has 218 valence electrons. The molecule has 2 heterocycles. The predicted octanol–water partition coefficient (Wildman–Crippen LogP) is 3.75. The van der Waals surface area contributed by atoms with Gasteiger partial charge < -0.3 is 19.5 Å². The van der Waals surface area contributed by atoms with Gasteiger partial charge >= 0.3 is 5.97 Å². The van der Waals surface area contributed by atoms with Crippen molar-refractivity contribution in [1.82, 2.24) is 4.90 Å². The van der Waals surface area contributed by atoms with Crippen LogP contribution in [0.15, 0.2) is 77.7 Å². The van der Waals surface area contributed by atoms with E-state index in [4.69, 9.17) is 9.47 Å². The maximum Gasteiger partial charge on any atom is 0.343 e. The predicted molar refractivity (Wildman–Crippen MR) is 158 cm³/mol. The minimum atomic E-state index is -3.54. The molecule has 0 unspecified atom stereocenters. The summed E-state index contributed by atoms with van der Waals surface area (Å²) in [6, 6.07) is 21.8. The summed E-state index contributed by atoms with van der Waals surface area (Å²) < 4.78 is 37.0. The van der Waals surface area contributed by atoms with E-state index in [2.05, 4.69) is 17.0 Å². The minimum absolute atomic E-state index is 0.0447. The Labute approximate surface area is 242 Å². The number of carbonyl (C=O) groups is 1. The molecule has 2 fully saturated rings. The molecule has 5 rings (SSSR count). The molecule has 3 aromatic rings. The SMILES string of the molecule is Cc1cc(N2CCOCC2)ccc1C(=O)Oc1ccc(S(=O)(=O)CCN2CC[C@H](Cc3ccccc3)[C@H](O)C2)cc1. The second-order valence-corrected chi connectivity index (χ2v) is 13.0. The zero-order valence-electron chi connectivity index (χ0n) is 23.4. The third-order valence-corrected chi connectivity index (χ3v) is 9.73. The van der Waals surface area contributed by atoms with Gasteiger partial charge in [0.05, 0.1) is 35.5 Å². The molecule has 3 aromatic carbocycles. The van der Waals surface area contributed by atoms with Gasteiger partial charge in [0.1, 0.15) is 5.75 Å². The van der Waals surface area contributed by atoms with Crippen LogP contribution in [0.2, 0.25) is 0 Å². The molecule has 0 amide bonds. The van der Waals surface area contributed by atoms with Crippen LogP contribution >= 0.6 is 0 Å². The average Bonchev–Trinajstić information content (AvgIpc) is 2.98. The monoisotopic (exact) mass is 578 g/mol. The van der Waals surface area contributed by atoms with E-state index in [1.807, 2.05) is 42.2 Å². The van der Waals surface area contributed by atoms with Crippen molar-refractivity contribution in [2.75, 3.05) is 56.6 Å². The number of aryl methyl sites for hydroxylation is 1. The molecule has 0 spiro atoms. The number of sulfone groups is 1. The zero-order chi connectivity index (χ0) is 28.8. The third kappa shape index (κ3) is 7.54. The molecule has 2 aliphatic heterocycles. The first-order valence-electron chi connectivity index (χ1n) is 14.2. The number of hydrogen-bond acceptors (Lipinski definition) is 8. The molecular weight excluding hydrogens is 540 g/mol. The van der Waals surface area contributed by atoms with E-state index in [1.54, 1.807) is 6.07 Å². The Balaban J connectivity index is 1.12. The van der Waals surface area contributed by atoms with E-state index in [0.717, 1.165) is 43.7 Å². The lowest BCUT2D eigenvalue weighted by Crippen LogP contribution is -2.46. The highest BCUT2D eigenvalue weighted by Crippen LogP contribution is 2.25. The number of nitrogens with zero attached hydrogens (tertiary/aromatic N) is 2. The van der Waals surface area contributed by atoms with E-state index in [-0.39, 0.29) is 22.3 Å². The Morgan fingerprint density at radius 3 is 2.41 bits per heavy atom. The molecule has 0 saturated carbocycles. The Hall–Kier alpha value is -3.24. The van der Waals surface area contributed by atoms with Crippen LogP contribution in [0.4, 0.5) is 5.69 Å². The van der Waals surface area contributed by atoms with E-state index < -0.39 is 21.9 Å². The number of anilines is 1. The number of benzene rings is 3. The Kier molecular flexibility index (Phi) is 9.39. The van der Waals surface area contributed by atoms with E-state index in [9.17, 15) is 18.3 Å². The van der Waals surface area contributed by atoms with Gasteiger partial charge in [-0.3, -0.25) is 4.90 Å². The molecule has 0 aliphatic carbocycles. The van der Waals surface area contributed by atoms with Crippen LogP contribution in [0, 0.1) is 12.8 Å². The van der Waals surface area contributed by atoms with E-state index >= 15 is 0 Å². The van der Waals surface area contributed by atoms with Crippen molar-refractivity contribution in [3.8, 4) is 5.75 Å². The van der Waals surface area contributed by atoms with E-state index in [0.29, 0.717) is 31.9 Å². The summed E-state index contributed by atoms with van der Waals surface area (Å²) in [5, 5.41) is 10.7. The second-order valence-electron chi connectivity index (χ2n) is 10.9. The van der Waals surface area contributed by atoms with Crippen molar-refractivity contribution < 1.29 is 27.8 Å². The lowest BCUT2D eigenvalue weighted by molar-refractivity contribution is 0.0245. The molecular formula is C32H38N2O6S. The number of piperidine rings is 1. The molecule has 9 heteroatoms. The molecule has 2 saturated heterocycles. The van der Waals surface area contributed by atoms with Crippen LogP contribution < -0.4 is 9.64 Å². The Morgan fingerprint density at radius 1 is 1.00 bits per heavy atom. The van der Waals surface area contributed by atoms with Gasteiger partial charge in [0.15, 0.2) is 9.84 Å². The van der Waals surface area contributed by atoms with Gasteiger partial charge in [-0.2, -0.15) is 0 Å². The normalized spacial score (nSPS) is 20.1. The number of ether oxygens (including phenoxy) is 2. The molecule has 8 nitrogen and oxygen atoms in total.